The maximum absolute atomic E-state index is 12.0. The van der Waals surface area contributed by atoms with Gasteiger partial charge in [-0.2, -0.15) is 0 Å². The van der Waals surface area contributed by atoms with Gasteiger partial charge in [-0.25, -0.2) is 0 Å². The van der Waals surface area contributed by atoms with E-state index in [-0.39, 0.29) is 24.9 Å². The summed E-state index contributed by atoms with van der Waals surface area (Å²) in [7, 11) is 0. The molecule has 0 aliphatic heterocycles. The van der Waals surface area contributed by atoms with Gasteiger partial charge in [-0.3, -0.25) is 14.4 Å². The van der Waals surface area contributed by atoms with E-state index in [1.165, 1.54) is 16.2 Å². The molecule has 1 aromatic heterocycles. The SMILES string of the molecule is Cc1ccc(C(=O)NCC(=O)N(CC(=O)O)CC2CC2)s1. The zero-order valence-corrected chi connectivity index (χ0v) is 12.6. The minimum Gasteiger partial charge on any atom is -0.480 e. The number of aliphatic carboxylic acids is 1. The summed E-state index contributed by atoms with van der Waals surface area (Å²) in [6.07, 6.45) is 2.06. The predicted molar refractivity (Wildman–Crippen MR) is 78.3 cm³/mol. The molecule has 1 aromatic rings. The Hall–Kier alpha value is -1.89. The van der Waals surface area contributed by atoms with Crippen LogP contribution in [0.15, 0.2) is 12.1 Å². The molecule has 0 saturated heterocycles. The first-order chi connectivity index (χ1) is 9.95. The number of carbonyl (C=O) groups is 3. The number of nitrogens with one attached hydrogen (secondary N) is 1. The van der Waals surface area contributed by atoms with Gasteiger partial charge < -0.3 is 15.3 Å². The third kappa shape index (κ3) is 4.86. The smallest absolute Gasteiger partial charge is 0.323 e. The third-order valence-corrected chi connectivity index (χ3v) is 4.22. The third-order valence-electron chi connectivity index (χ3n) is 3.22. The lowest BCUT2D eigenvalue weighted by Crippen LogP contribution is -2.43. The van der Waals surface area contributed by atoms with E-state index < -0.39 is 5.97 Å². The highest BCUT2D eigenvalue weighted by Gasteiger charge is 2.28. The van der Waals surface area contributed by atoms with Crippen LogP contribution >= 0.6 is 11.3 Å². The van der Waals surface area contributed by atoms with Gasteiger partial charge in [0.1, 0.15) is 6.54 Å². The molecule has 0 bridgehead atoms. The van der Waals surface area contributed by atoms with Crippen molar-refractivity contribution in [1.82, 2.24) is 10.2 Å². The zero-order valence-electron chi connectivity index (χ0n) is 11.8. The van der Waals surface area contributed by atoms with Crippen molar-refractivity contribution in [2.75, 3.05) is 19.6 Å². The number of carboxylic acid groups (broad SMARTS) is 1. The Morgan fingerprint density at radius 3 is 2.62 bits per heavy atom. The Morgan fingerprint density at radius 2 is 2.10 bits per heavy atom. The molecule has 2 N–H and O–H groups in total. The second-order valence-electron chi connectivity index (χ2n) is 5.20. The highest BCUT2D eigenvalue weighted by molar-refractivity contribution is 7.13. The number of hydrogen-bond acceptors (Lipinski definition) is 4. The van der Waals surface area contributed by atoms with Gasteiger partial charge in [-0.1, -0.05) is 0 Å². The lowest BCUT2D eigenvalue weighted by Gasteiger charge is -2.20. The van der Waals surface area contributed by atoms with Gasteiger partial charge in [0.05, 0.1) is 11.4 Å². The second-order valence-corrected chi connectivity index (χ2v) is 6.49. The molecule has 114 valence electrons. The summed E-state index contributed by atoms with van der Waals surface area (Å²) in [5.74, 6) is -1.29. The van der Waals surface area contributed by atoms with E-state index in [2.05, 4.69) is 5.32 Å². The molecule has 0 unspecified atom stereocenters. The molecule has 2 amide bonds. The average molecular weight is 310 g/mol. The van der Waals surface area contributed by atoms with Crippen LogP contribution in [0, 0.1) is 12.8 Å². The van der Waals surface area contributed by atoms with Crippen LogP contribution in [0.2, 0.25) is 0 Å². The van der Waals surface area contributed by atoms with Crippen LogP contribution < -0.4 is 5.32 Å². The summed E-state index contributed by atoms with van der Waals surface area (Å²) < 4.78 is 0. The summed E-state index contributed by atoms with van der Waals surface area (Å²) in [4.78, 5) is 37.6. The number of rotatable bonds is 7. The first kappa shape index (κ1) is 15.5. The van der Waals surface area contributed by atoms with Crippen LogP contribution in [0.25, 0.3) is 0 Å². The van der Waals surface area contributed by atoms with Crippen molar-refractivity contribution in [3.63, 3.8) is 0 Å². The van der Waals surface area contributed by atoms with Gasteiger partial charge in [0.15, 0.2) is 0 Å². The minimum atomic E-state index is -1.04. The molecule has 7 heteroatoms. The van der Waals surface area contributed by atoms with Crippen LogP contribution in [-0.4, -0.2) is 47.4 Å². The molecule has 0 spiro atoms. The topological polar surface area (TPSA) is 86.7 Å². The fourth-order valence-electron chi connectivity index (χ4n) is 1.94. The molecule has 1 saturated carbocycles. The van der Waals surface area contributed by atoms with E-state index >= 15 is 0 Å². The first-order valence-corrected chi connectivity index (χ1v) is 7.61. The van der Waals surface area contributed by atoms with Gasteiger partial charge in [0.2, 0.25) is 5.91 Å². The summed E-state index contributed by atoms with van der Waals surface area (Å²) in [6, 6.07) is 3.55. The van der Waals surface area contributed by atoms with Crippen molar-refractivity contribution >= 4 is 29.1 Å². The number of thiophene rings is 1. The molecule has 1 aliphatic rings. The van der Waals surface area contributed by atoms with Crippen LogP contribution in [0.3, 0.4) is 0 Å². The van der Waals surface area contributed by atoms with E-state index in [4.69, 9.17) is 5.11 Å². The standard InChI is InChI=1S/C14H18N2O4S/c1-9-2-5-11(21-9)14(20)15-6-12(17)16(8-13(18)19)7-10-3-4-10/h2,5,10H,3-4,6-8H2,1H3,(H,15,20)(H,18,19). The van der Waals surface area contributed by atoms with E-state index in [1.807, 2.05) is 13.0 Å². The summed E-state index contributed by atoms with van der Waals surface area (Å²) >= 11 is 1.36. The Kier molecular flexibility index (Phi) is 4.95. The number of hydrogen-bond donors (Lipinski definition) is 2. The van der Waals surface area contributed by atoms with E-state index in [0.29, 0.717) is 17.3 Å². The Labute approximate surface area is 126 Å². The molecule has 1 heterocycles. The molecule has 0 atom stereocenters. The van der Waals surface area contributed by atoms with Crippen LogP contribution in [0.5, 0.6) is 0 Å². The van der Waals surface area contributed by atoms with Crippen LogP contribution in [0.4, 0.5) is 0 Å². The zero-order chi connectivity index (χ0) is 15.4. The van der Waals surface area contributed by atoms with Gasteiger partial charge in [-0.05, 0) is 37.8 Å². The molecule has 2 rings (SSSR count). The molecule has 1 fully saturated rings. The van der Waals surface area contributed by atoms with E-state index in [0.717, 1.165) is 17.7 Å². The number of carboxylic acids is 1. The van der Waals surface area contributed by atoms with Crippen molar-refractivity contribution in [2.45, 2.75) is 19.8 Å². The molecule has 21 heavy (non-hydrogen) atoms. The second kappa shape index (κ2) is 6.71. The quantitative estimate of drug-likeness (QED) is 0.790. The largest absolute Gasteiger partial charge is 0.480 e. The first-order valence-electron chi connectivity index (χ1n) is 6.80. The van der Waals surface area contributed by atoms with Gasteiger partial charge >= 0.3 is 5.97 Å². The highest BCUT2D eigenvalue weighted by atomic mass is 32.1. The molecule has 6 nitrogen and oxygen atoms in total. The van der Waals surface area contributed by atoms with Crippen LogP contribution in [-0.2, 0) is 9.59 Å². The van der Waals surface area contributed by atoms with E-state index in [9.17, 15) is 14.4 Å². The molecule has 1 aliphatic carbocycles. The molecular formula is C14H18N2O4S. The van der Waals surface area contributed by atoms with Gasteiger partial charge in [0.25, 0.3) is 5.91 Å². The van der Waals surface area contributed by atoms with Crippen molar-refractivity contribution < 1.29 is 19.5 Å². The molecule has 0 radical (unpaired) electrons. The van der Waals surface area contributed by atoms with Gasteiger partial charge in [-0.15, -0.1) is 11.3 Å². The fraction of sp³-hybridized carbons (Fsp3) is 0.500. The Morgan fingerprint density at radius 1 is 1.38 bits per heavy atom. The highest BCUT2D eigenvalue weighted by Crippen LogP contribution is 2.29. The van der Waals surface area contributed by atoms with Gasteiger partial charge in [0, 0.05) is 11.4 Å². The van der Waals surface area contributed by atoms with Crippen molar-refractivity contribution in [1.29, 1.82) is 0 Å². The summed E-state index contributed by atoms with van der Waals surface area (Å²) in [6.45, 7) is 1.87. The van der Waals surface area contributed by atoms with Crippen molar-refractivity contribution in [3.8, 4) is 0 Å². The predicted octanol–water partition coefficient (Wildman–Crippen LogP) is 1.11. The number of amides is 2. The number of nitrogens with zero attached hydrogens (tertiary/aromatic N) is 1. The lowest BCUT2D eigenvalue weighted by atomic mass is 10.3. The summed E-state index contributed by atoms with van der Waals surface area (Å²) in [5.41, 5.74) is 0. The number of aryl methyl sites for hydroxylation is 1. The van der Waals surface area contributed by atoms with E-state index in [1.54, 1.807) is 6.07 Å². The Balaban J connectivity index is 1.85. The summed E-state index contributed by atoms with van der Waals surface area (Å²) in [5, 5.41) is 11.4. The van der Waals surface area contributed by atoms with Crippen molar-refractivity contribution in [3.05, 3.63) is 21.9 Å². The average Bonchev–Trinajstić information content (AvgIpc) is 3.13. The fourth-order valence-corrected chi connectivity index (χ4v) is 2.73. The maximum Gasteiger partial charge on any atom is 0.323 e. The molecular weight excluding hydrogens is 292 g/mol. The number of carbonyl (C=O) groups excluding carboxylic acids is 2. The normalized spacial score (nSPS) is 13.8. The van der Waals surface area contributed by atoms with Crippen LogP contribution in [0.1, 0.15) is 27.4 Å². The minimum absolute atomic E-state index is 0.171. The monoisotopic (exact) mass is 310 g/mol. The molecule has 0 aromatic carbocycles. The Bertz CT molecular complexity index is 551. The van der Waals surface area contributed by atoms with Crippen molar-refractivity contribution in [2.24, 2.45) is 5.92 Å². The lowest BCUT2D eigenvalue weighted by molar-refractivity contribution is -0.144. The maximum atomic E-state index is 12.0.